The van der Waals surface area contributed by atoms with Crippen molar-refractivity contribution >= 4 is 52.5 Å². The van der Waals surface area contributed by atoms with Gasteiger partial charge in [-0.2, -0.15) is 0 Å². The highest BCUT2D eigenvalue weighted by Gasteiger charge is 2.29. The Bertz CT molecular complexity index is 537. The minimum atomic E-state index is -1.58. The second-order valence-corrected chi connectivity index (χ2v) is 8.94. The number of nitrogens with zero attached hydrogens (tertiary/aromatic N) is 1. The molecule has 1 aromatic rings. The van der Waals surface area contributed by atoms with Gasteiger partial charge < -0.3 is 9.64 Å². The van der Waals surface area contributed by atoms with Crippen LogP contribution in [0.1, 0.15) is 42.7 Å². The van der Waals surface area contributed by atoms with Gasteiger partial charge in [-0.25, -0.2) is 4.79 Å². The Morgan fingerprint density at radius 3 is 2.25 bits per heavy atom. The predicted octanol–water partition coefficient (Wildman–Crippen LogP) is 5.89. The molecule has 0 aromatic heterocycles. The number of rotatable bonds is 4. The number of alkyl halides is 4. The van der Waals surface area contributed by atoms with Crippen LogP contribution in [-0.2, 0) is 10.6 Å². The van der Waals surface area contributed by atoms with E-state index in [-0.39, 0.29) is 12.6 Å². The van der Waals surface area contributed by atoms with Gasteiger partial charge in [-0.1, -0.05) is 59.1 Å². The Hall–Kier alpha value is -0.350. The predicted molar refractivity (Wildman–Crippen MR) is 100 cm³/mol. The average Bonchev–Trinajstić information content (AvgIpc) is 2.58. The molecular formula is C17H21Cl4NO2. The van der Waals surface area contributed by atoms with Crippen LogP contribution in [-0.4, -0.2) is 34.5 Å². The van der Waals surface area contributed by atoms with E-state index in [2.05, 4.69) is 24.3 Å². The molecule has 1 fully saturated rings. The minimum Gasteiger partial charge on any atom is -0.445 e. The van der Waals surface area contributed by atoms with Crippen LogP contribution in [0.25, 0.3) is 0 Å². The van der Waals surface area contributed by atoms with Gasteiger partial charge in [-0.3, -0.25) is 0 Å². The van der Waals surface area contributed by atoms with Gasteiger partial charge in [0.1, 0.15) is 6.61 Å². The highest BCUT2D eigenvalue weighted by atomic mass is 35.6. The van der Waals surface area contributed by atoms with Crippen molar-refractivity contribution in [1.29, 1.82) is 0 Å². The number of hydrogen-bond donors (Lipinski definition) is 0. The first-order valence-electron chi connectivity index (χ1n) is 7.91. The maximum absolute atomic E-state index is 12.0. The van der Waals surface area contributed by atoms with E-state index < -0.39 is 9.89 Å². The zero-order chi connectivity index (χ0) is 17.7. The van der Waals surface area contributed by atoms with Crippen LogP contribution in [0.3, 0.4) is 0 Å². The van der Waals surface area contributed by atoms with Gasteiger partial charge in [0.25, 0.3) is 0 Å². The van der Waals surface area contributed by atoms with E-state index in [1.807, 2.05) is 0 Å². The fourth-order valence-corrected chi connectivity index (χ4v) is 3.41. The molecule has 0 radical (unpaired) electrons. The summed E-state index contributed by atoms with van der Waals surface area (Å²) in [6, 6.07) is 8.62. The third kappa shape index (κ3) is 5.87. The van der Waals surface area contributed by atoms with Gasteiger partial charge in [0, 0.05) is 19.0 Å². The molecule has 1 aromatic carbocycles. The summed E-state index contributed by atoms with van der Waals surface area (Å²) in [6.07, 6.45) is 3.49. The molecule has 7 heteroatoms. The number of carbonyl (C=O) groups excluding carboxylic acids is 1. The summed E-state index contributed by atoms with van der Waals surface area (Å²) in [5.41, 5.74) is 2.47. The summed E-state index contributed by atoms with van der Waals surface area (Å²) in [7, 11) is 1.74. The van der Waals surface area contributed by atoms with Gasteiger partial charge in [0.05, 0.1) is 0 Å². The van der Waals surface area contributed by atoms with Gasteiger partial charge in [0.2, 0.25) is 3.79 Å². The fourth-order valence-electron chi connectivity index (χ4n) is 3.07. The van der Waals surface area contributed by atoms with Crippen molar-refractivity contribution < 1.29 is 9.53 Å². The first kappa shape index (κ1) is 20.0. The highest BCUT2D eigenvalue weighted by molar-refractivity contribution is 6.67. The van der Waals surface area contributed by atoms with Gasteiger partial charge in [-0.15, -0.1) is 11.6 Å². The number of ether oxygens (including phenoxy) is 1. The van der Waals surface area contributed by atoms with Crippen LogP contribution in [0.15, 0.2) is 24.3 Å². The van der Waals surface area contributed by atoms with Crippen LogP contribution in [0.2, 0.25) is 0 Å². The lowest BCUT2D eigenvalue weighted by molar-refractivity contribution is 0.0889. The second kappa shape index (κ2) is 8.84. The van der Waals surface area contributed by atoms with Crippen molar-refractivity contribution in [2.45, 2.75) is 47.3 Å². The molecule has 0 saturated heterocycles. The lowest BCUT2D eigenvalue weighted by Crippen LogP contribution is -2.40. The van der Waals surface area contributed by atoms with Crippen molar-refractivity contribution in [2.75, 3.05) is 13.7 Å². The first-order chi connectivity index (χ1) is 11.3. The third-order valence-electron chi connectivity index (χ3n) is 4.50. The van der Waals surface area contributed by atoms with Crippen molar-refractivity contribution in [3.8, 4) is 0 Å². The maximum Gasteiger partial charge on any atom is 0.409 e. The molecular weight excluding hydrogens is 392 g/mol. The van der Waals surface area contributed by atoms with Crippen LogP contribution in [0.5, 0.6) is 0 Å². The summed E-state index contributed by atoms with van der Waals surface area (Å²) in [5.74, 6) is 1.06. The van der Waals surface area contributed by atoms with E-state index in [0.29, 0.717) is 11.8 Å². The standard InChI is InChI=1S/C17H21Cl4NO2/c1-22(16(23)24-11-17(19,20)21)15-8-6-14(7-9-15)13-4-2-12(10-18)3-5-13/h2-5,14-15H,6-11H2,1H3. The lowest BCUT2D eigenvalue weighted by atomic mass is 9.81. The topological polar surface area (TPSA) is 29.5 Å². The number of hydrogen-bond acceptors (Lipinski definition) is 2. The molecule has 3 nitrogen and oxygen atoms in total. The van der Waals surface area contributed by atoms with Crippen LogP contribution < -0.4 is 0 Å². The Morgan fingerprint density at radius 1 is 1.17 bits per heavy atom. The van der Waals surface area contributed by atoms with Crippen LogP contribution in [0, 0.1) is 0 Å². The molecule has 24 heavy (non-hydrogen) atoms. The van der Waals surface area contributed by atoms with E-state index in [1.165, 1.54) is 5.56 Å². The molecule has 2 rings (SSSR count). The SMILES string of the molecule is CN(C(=O)OCC(Cl)(Cl)Cl)C1CCC(c2ccc(CCl)cc2)CC1. The Balaban J connectivity index is 1.83. The zero-order valence-electron chi connectivity index (χ0n) is 13.5. The molecule has 0 aliphatic heterocycles. The first-order valence-corrected chi connectivity index (χ1v) is 9.58. The van der Waals surface area contributed by atoms with E-state index in [4.69, 9.17) is 51.1 Å². The molecule has 0 unspecified atom stereocenters. The number of carbonyl (C=O) groups is 1. The van der Waals surface area contributed by atoms with Crippen LogP contribution >= 0.6 is 46.4 Å². The molecule has 0 spiro atoms. The Kier molecular flexibility index (Phi) is 7.36. The summed E-state index contributed by atoms with van der Waals surface area (Å²) in [4.78, 5) is 13.6. The van der Waals surface area contributed by atoms with E-state index in [1.54, 1.807) is 11.9 Å². The highest BCUT2D eigenvalue weighted by Crippen LogP contribution is 2.35. The largest absolute Gasteiger partial charge is 0.445 e. The summed E-state index contributed by atoms with van der Waals surface area (Å²) >= 11 is 22.6. The van der Waals surface area contributed by atoms with E-state index in [9.17, 15) is 4.79 Å². The molecule has 0 atom stereocenters. The number of amides is 1. The molecule has 1 aliphatic rings. The van der Waals surface area contributed by atoms with Crippen molar-refractivity contribution in [2.24, 2.45) is 0 Å². The Morgan fingerprint density at radius 2 is 1.75 bits per heavy atom. The number of benzene rings is 1. The molecule has 0 heterocycles. The molecule has 0 bridgehead atoms. The van der Waals surface area contributed by atoms with E-state index >= 15 is 0 Å². The third-order valence-corrected chi connectivity index (χ3v) is 5.13. The monoisotopic (exact) mass is 411 g/mol. The molecule has 1 aliphatic carbocycles. The lowest BCUT2D eigenvalue weighted by Gasteiger charge is -2.34. The van der Waals surface area contributed by atoms with Crippen molar-refractivity contribution in [1.82, 2.24) is 4.90 Å². The molecule has 1 amide bonds. The van der Waals surface area contributed by atoms with Crippen molar-refractivity contribution in [3.63, 3.8) is 0 Å². The van der Waals surface area contributed by atoms with Crippen molar-refractivity contribution in [3.05, 3.63) is 35.4 Å². The molecule has 1 saturated carbocycles. The van der Waals surface area contributed by atoms with Gasteiger partial charge in [0.15, 0.2) is 0 Å². The quantitative estimate of drug-likeness (QED) is 0.577. The molecule has 0 N–H and O–H groups in total. The zero-order valence-corrected chi connectivity index (χ0v) is 16.5. The fraction of sp³-hybridized carbons (Fsp3) is 0.588. The Labute approximate surface area is 163 Å². The summed E-state index contributed by atoms with van der Waals surface area (Å²) < 4.78 is 3.46. The normalized spacial score (nSPS) is 21.4. The number of halogens is 4. The maximum atomic E-state index is 12.0. The second-order valence-electron chi connectivity index (χ2n) is 6.16. The van der Waals surface area contributed by atoms with Gasteiger partial charge >= 0.3 is 6.09 Å². The minimum absolute atomic E-state index is 0.159. The summed E-state index contributed by atoms with van der Waals surface area (Å²) in [6.45, 7) is -0.247. The smallest absolute Gasteiger partial charge is 0.409 e. The van der Waals surface area contributed by atoms with E-state index in [0.717, 1.165) is 31.2 Å². The van der Waals surface area contributed by atoms with Crippen LogP contribution in [0.4, 0.5) is 4.79 Å². The van der Waals surface area contributed by atoms with Gasteiger partial charge in [-0.05, 0) is 42.7 Å². The average molecular weight is 413 g/mol. The summed E-state index contributed by atoms with van der Waals surface area (Å²) in [5, 5.41) is 0. The molecule has 134 valence electrons.